The highest BCUT2D eigenvalue weighted by molar-refractivity contribution is 5.34. The van der Waals surface area contributed by atoms with Crippen molar-refractivity contribution < 1.29 is 0 Å². The van der Waals surface area contributed by atoms with E-state index in [1.54, 1.807) is 0 Å². The summed E-state index contributed by atoms with van der Waals surface area (Å²) in [7, 11) is 0. The summed E-state index contributed by atoms with van der Waals surface area (Å²) in [5, 5.41) is 3.54. The molecule has 1 N–H and O–H groups in total. The molecule has 0 aliphatic heterocycles. The van der Waals surface area contributed by atoms with E-state index in [1.165, 1.54) is 16.7 Å². The fourth-order valence-electron chi connectivity index (χ4n) is 2.45. The first-order valence-electron chi connectivity index (χ1n) is 7.38. The van der Waals surface area contributed by atoms with Crippen molar-refractivity contribution in [2.24, 2.45) is 0 Å². The van der Waals surface area contributed by atoms with Crippen molar-refractivity contribution in [3.8, 4) is 0 Å². The molecule has 0 aliphatic carbocycles. The SMILES string of the molecule is CCNC(c1ccc(C(C)C)cc1)c1ncccc1C. The maximum atomic E-state index is 4.57. The Kier molecular flexibility index (Phi) is 4.91. The van der Waals surface area contributed by atoms with Crippen LogP contribution < -0.4 is 5.32 Å². The first kappa shape index (κ1) is 14.7. The van der Waals surface area contributed by atoms with Gasteiger partial charge in [0.1, 0.15) is 0 Å². The molecule has 0 amide bonds. The van der Waals surface area contributed by atoms with Crippen LogP contribution in [-0.4, -0.2) is 11.5 Å². The molecule has 20 heavy (non-hydrogen) atoms. The predicted molar refractivity (Wildman–Crippen MR) is 85.0 cm³/mol. The van der Waals surface area contributed by atoms with Crippen LogP contribution in [0.15, 0.2) is 42.6 Å². The van der Waals surface area contributed by atoms with Crippen molar-refractivity contribution in [2.75, 3.05) is 6.54 Å². The summed E-state index contributed by atoms with van der Waals surface area (Å²) >= 11 is 0. The fourth-order valence-corrected chi connectivity index (χ4v) is 2.45. The molecule has 1 unspecified atom stereocenters. The summed E-state index contributed by atoms with van der Waals surface area (Å²) in [6, 6.07) is 13.2. The van der Waals surface area contributed by atoms with Crippen LogP contribution in [0, 0.1) is 6.92 Å². The number of hydrogen-bond acceptors (Lipinski definition) is 2. The second kappa shape index (κ2) is 6.67. The lowest BCUT2D eigenvalue weighted by Crippen LogP contribution is -2.23. The molecule has 2 nitrogen and oxygen atoms in total. The molecule has 0 saturated heterocycles. The molecule has 0 saturated carbocycles. The molecule has 0 radical (unpaired) electrons. The Bertz CT molecular complexity index is 544. The van der Waals surface area contributed by atoms with Gasteiger partial charge in [-0.05, 0) is 42.1 Å². The second-order valence-electron chi connectivity index (χ2n) is 5.52. The molecule has 106 valence electrons. The summed E-state index contributed by atoms with van der Waals surface area (Å²) < 4.78 is 0. The minimum Gasteiger partial charge on any atom is -0.305 e. The van der Waals surface area contributed by atoms with Gasteiger partial charge in [-0.1, -0.05) is 51.1 Å². The number of hydrogen-bond donors (Lipinski definition) is 1. The lowest BCUT2D eigenvalue weighted by molar-refractivity contribution is 0.611. The van der Waals surface area contributed by atoms with Crippen LogP contribution in [-0.2, 0) is 0 Å². The lowest BCUT2D eigenvalue weighted by atomic mass is 9.96. The summed E-state index contributed by atoms with van der Waals surface area (Å²) in [5.74, 6) is 0.568. The number of benzene rings is 1. The van der Waals surface area contributed by atoms with Crippen molar-refractivity contribution in [2.45, 2.75) is 39.7 Å². The molecule has 1 heterocycles. The van der Waals surface area contributed by atoms with Crippen LogP contribution in [0.25, 0.3) is 0 Å². The Hall–Kier alpha value is -1.67. The predicted octanol–water partition coefficient (Wildman–Crippen LogP) is 4.21. The molecule has 1 aromatic heterocycles. The maximum Gasteiger partial charge on any atom is 0.0754 e. The van der Waals surface area contributed by atoms with Gasteiger partial charge in [-0.2, -0.15) is 0 Å². The number of rotatable bonds is 5. The van der Waals surface area contributed by atoms with E-state index in [4.69, 9.17) is 0 Å². The number of pyridine rings is 1. The maximum absolute atomic E-state index is 4.57. The zero-order valence-corrected chi connectivity index (χ0v) is 12.9. The number of nitrogens with one attached hydrogen (secondary N) is 1. The van der Waals surface area contributed by atoms with Gasteiger partial charge in [0.25, 0.3) is 0 Å². The first-order valence-corrected chi connectivity index (χ1v) is 7.38. The van der Waals surface area contributed by atoms with E-state index in [0.717, 1.165) is 12.2 Å². The van der Waals surface area contributed by atoms with Gasteiger partial charge in [-0.15, -0.1) is 0 Å². The zero-order chi connectivity index (χ0) is 14.5. The molecule has 0 spiro atoms. The minimum atomic E-state index is 0.169. The van der Waals surface area contributed by atoms with Gasteiger partial charge in [0.15, 0.2) is 0 Å². The Morgan fingerprint density at radius 1 is 1.05 bits per heavy atom. The molecule has 2 rings (SSSR count). The highest BCUT2D eigenvalue weighted by Gasteiger charge is 2.16. The molecular weight excluding hydrogens is 244 g/mol. The number of nitrogens with zero attached hydrogens (tertiary/aromatic N) is 1. The van der Waals surface area contributed by atoms with Crippen molar-refractivity contribution in [3.63, 3.8) is 0 Å². The normalized spacial score (nSPS) is 12.7. The topological polar surface area (TPSA) is 24.9 Å². The molecule has 0 aliphatic rings. The number of aryl methyl sites for hydroxylation is 1. The minimum absolute atomic E-state index is 0.169. The van der Waals surface area contributed by atoms with Gasteiger partial charge in [0.05, 0.1) is 11.7 Å². The zero-order valence-electron chi connectivity index (χ0n) is 12.9. The standard InChI is InChI=1S/C18H24N2/c1-5-19-18(17-14(4)7-6-12-20-17)16-10-8-15(9-11-16)13(2)3/h6-13,18-19H,5H2,1-4H3. The third-order valence-corrected chi connectivity index (χ3v) is 3.67. The fraction of sp³-hybridized carbons (Fsp3) is 0.389. The molecule has 0 fully saturated rings. The second-order valence-corrected chi connectivity index (χ2v) is 5.52. The van der Waals surface area contributed by atoms with Gasteiger partial charge in [-0.25, -0.2) is 0 Å². The van der Waals surface area contributed by atoms with E-state index in [1.807, 2.05) is 12.3 Å². The van der Waals surface area contributed by atoms with E-state index in [-0.39, 0.29) is 6.04 Å². The van der Waals surface area contributed by atoms with Crippen LogP contribution in [0.4, 0.5) is 0 Å². The first-order chi connectivity index (χ1) is 9.63. The van der Waals surface area contributed by atoms with E-state index in [2.05, 4.69) is 68.3 Å². The smallest absolute Gasteiger partial charge is 0.0754 e. The van der Waals surface area contributed by atoms with Crippen molar-refractivity contribution in [3.05, 3.63) is 65.0 Å². The van der Waals surface area contributed by atoms with Crippen molar-refractivity contribution in [1.82, 2.24) is 10.3 Å². The molecule has 2 aromatic rings. The highest BCUT2D eigenvalue weighted by atomic mass is 14.9. The Balaban J connectivity index is 2.36. The van der Waals surface area contributed by atoms with Gasteiger partial charge in [0, 0.05) is 6.20 Å². The summed E-state index contributed by atoms with van der Waals surface area (Å²) in [6.45, 7) is 9.62. The molecular formula is C18H24N2. The molecule has 1 atom stereocenters. The van der Waals surface area contributed by atoms with E-state index >= 15 is 0 Å². The average molecular weight is 268 g/mol. The summed E-state index contributed by atoms with van der Waals surface area (Å²) in [6.07, 6.45) is 1.87. The quantitative estimate of drug-likeness (QED) is 0.878. The monoisotopic (exact) mass is 268 g/mol. The van der Waals surface area contributed by atoms with E-state index in [9.17, 15) is 0 Å². The summed E-state index contributed by atoms with van der Waals surface area (Å²) in [5.41, 5.74) is 5.00. The highest BCUT2D eigenvalue weighted by Crippen LogP contribution is 2.24. The van der Waals surface area contributed by atoms with E-state index in [0.29, 0.717) is 5.92 Å². The third-order valence-electron chi connectivity index (χ3n) is 3.67. The van der Waals surface area contributed by atoms with Gasteiger partial charge in [0.2, 0.25) is 0 Å². The Morgan fingerprint density at radius 2 is 1.70 bits per heavy atom. The molecule has 1 aromatic carbocycles. The van der Waals surface area contributed by atoms with Crippen LogP contribution in [0.2, 0.25) is 0 Å². The van der Waals surface area contributed by atoms with Crippen LogP contribution >= 0.6 is 0 Å². The van der Waals surface area contributed by atoms with Crippen molar-refractivity contribution in [1.29, 1.82) is 0 Å². The van der Waals surface area contributed by atoms with Gasteiger partial charge in [-0.3, -0.25) is 4.98 Å². The average Bonchev–Trinajstić information content (AvgIpc) is 2.46. The molecule has 0 bridgehead atoms. The van der Waals surface area contributed by atoms with Crippen molar-refractivity contribution >= 4 is 0 Å². The van der Waals surface area contributed by atoms with Crippen LogP contribution in [0.3, 0.4) is 0 Å². The number of aromatic nitrogens is 1. The van der Waals surface area contributed by atoms with E-state index < -0.39 is 0 Å². The Morgan fingerprint density at radius 3 is 2.25 bits per heavy atom. The third kappa shape index (κ3) is 3.26. The van der Waals surface area contributed by atoms with Gasteiger partial charge >= 0.3 is 0 Å². The lowest BCUT2D eigenvalue weighted by Gasteiger charge is -2.20. The summed E-state index contributed by atoms with van der Waals surface area (Å²) in [4.78, 5) is 4.57. The van der Waals surface area contributed by atoms with Crippen LogP contribution in [0.5, 0.6) is 0 Å². The molecule has 2 heteroatoms. The van der Waals surface area contributed by atoms with Crippen LogP contribution in [0.1, 0.15) is 55.1 Å². The Labute approximate surface area is 122 Å². The largest absolute Gasteiger partial charge is 0.305 e. The van der Waals surface area contributed by atoms with Gasteiger partial charge < -0.3 is 5.32 Å².